The van der Waals surface area contributed by atoms with Gasteiger partial charge in [-0.3, -0.25) is 9.59 Å². The molecule has 0 heterocycles. The molecule has 1 unspecified atom stereocenters. The van der Waals surface area contributed by atoms with Gasteiger partial charge in [-0.15, -0.1) is 6.58 Å². The van der Waals surface area contributed by atoms with E-state index < -0.39 is 0 Å². The number of Topliss-reactive ketones (excluding diaryl/α,β-unsaturated/α-hetero) is 1. The first kappa shape index (κ1) is 15.8. The topological polar surface area (TPSA) is 52.6 Å². The second-order valence-electron chi connectivity index (χ2n) is 3.96. The standard InChI is InChI=1S/C13H22O4/c1-4-7-12(11(2)14)10-17-13(15)8-5-6-9-16-3/h4,12H,1,5-10H2,2-3H3. The van der Waals surface area contributed by atoms with Crippen molar-refractivity contribution in [2.75, 3.05) is 20.3 Å². The summed E-state index contributed by atoms with van der Waals surface area (Å²) in [7, 11) is 1.63. The smallest absolute Gasteiger partial charge is 0.305 e. The Morgan fingerprint density at radius 2 is 2.06 bits per heavy atom. The molecule has 17 heavy (non-hydrogen) atoms. The average Bonchev–Trinajstić information content (AvgIpc) is 2.29. The minimum Gasteiger partial charge on any atom is -0.465 e. The highest BCUT2D eigenvalue weighted by Crippen LogP contribution is 2.07. The summed E-state index contributed by atoms with van der Waals surface area (Å²) in [5, 5.41) is 0. The third-order valence-corrected chi connectivity index (χ3v) is 2.45. The molecule has 0 saturated heterocycles. The highest BCUT2D eigenvalue weighted by atomic mass is 16.5. The Kier molecular flexibility index (Phi) is 9.34. The number of esters is 1. The van der Waals surface area contributed by atoms with Crippen LogP contribution in [0, 0.1) is 5.92 Å². The molecule has 0 aromatic carbocycles. The van der Waals surface area contributed by atoms with Crippen LogP contribution in [0.1, 0.15) is 32.6 Å². The Bertz CT molecular complexity index is 248. The fourth-order valence-corrected chi connectivity index (χ4v) is 1.33. The monoisotopic (exact) mass is 242 g/mol. The molecule has 4 nitrogen and oxygen atoms in total. The van der Waals surface area contributed by atoms with E-state index in [4.69, 9.17) is 9.47 Å². The highest BCUT2D eigenvalue weighted by molar-refractivity contribution is 5.79. The van der Waals surface area contributed by atoms with Gasteiger partial charge in [0, 0.05) is 20.1 Å². The Balaban J connectivity index is 3.72. The van der Waals surface area contributed by atoms with Crippen molar-refractivity contribution in [2.45, 2.75) is 32.6 Å². The number of rotatable bonds is 10. The van der Waals surface area contributed by atoms with Crippen LogP contribution in [-0.2, 0) is 19.1 Å². The summed E-state index contributed by atoms with van der Waals surface area (Å²) in [5.41, 5.74) is 0. The molecule has 0 amide bonds. The van der Waals surface area contributed by atoms with Crippen LogP contribution in [0.4, 0.5) is 0 Å². The molecule has 0 radical (unpaired) electrons. The maximum atomic E-state index is 11.3. The van der Waals surface area contributed by atoms with E-state index in [1.165, 1.54) is 6.92 Å². The molecular weight excluding hydrogens is 220 g/mol. The molecule has 98 valence electrons. The molecule has 1 atom stereocenters. The SMILES string of the molecule is C=CCC(COC(=O)CCCCOC)C(C)=O. The van der Waals surface area contributed by atoms with E-state index in [9.17, 15) is 9.59 Å². The van der Waals surface area contributed by atoms with E-state index in [1.807, 2.05) is 0 Å². The van der Waals surface area contributed by atoms with Crippen molar-refractivity contribution in [3.05, 3.63) is 12.7 Å². The van der Waals surface area contributed by atoms with Crippen molar-refractivity contribution in [1.82, 2.24) is 0 Å². The van der Waals surface area contributed by atoms with Gasteiger partial charge < -0.3 is 9.47 Å². The molecule has 0 aromatic rings. The van der Waals surface area contributed by atoms with E-state index >= 15 is 0 Å². The van der Waals surface area contributed by atoms with Gasteiger partial charge in [0.25, 0.3) is 0 Å². The number of carbonyl (C=O) groups is 2. The van der Waals surface area contributed by atoms with E-state index in [-0.39, 0.29) is 24.3 Å². The van der Waals surface area contributed by atoms with Gasteiger partial charge in [0.15, 0.2) is 0 Å². The molecular formula is C13H22O4. The van der Waals surface area contributed by atoms with Gasteiger partial charge in [0.05, 0.1) is 5.92 Å². The lowest BCUT2D eigenvalue weighted by atomic mass is 10.0. The number of ketones is 1. The fraction of sp³-hybridized carbons (Fsp3) is 0.692. The zero-order valence-corrected chi connectivity index (χ0v) is 10.7. The van der Waals surface area contributed by atoms with Crippen molar-refractivity contribution >= 4 is 11.8 Å². The second kappa shape index (κ2) is 10.0. The normalized spacial score (nSPS) is 11.9. The van der Waals surface area contributed by atoms with E-state index in [1.54, 1.807) is 13.2 Å². The van der Waals surface area contributed by atoms with Crippen molar-refractivity contribution in [2.24, 2.45) is 5.92 Å². The molecule has 0 saturated carbocycles. The van der Waals surface area contributed by atoms with Crippen LogP contribution in [0.25, 0.3) is 0 Å². The first-order chi connectivity index (χ1) is 8.11. The maximum absolute atomic E-state index is 11.3. The van der Waals surface area contributed by atoms with Gasteiger partial charge in [-0.05, 0) is 26.2 Å². The number of allylic oxidation sites excluding steroid dienone is 1. The van der Waals surface area contributed by atoms with Crippen molar-refractivity contribution in [3.63, 3.8) is 0 Å². The summed E-state index contributed by atoms with van der Waals surface area (Å²) < 4.78 is 9.93. The molecule has 0 aliphatic carbocycles. The molecule has 0 aliphatic rings. The predicted molar refractivity (Wildman–Crippen MR) is 65.7 cm³/mol. The average molecular weight is 242 g/mol. The van der Waals surface area contributed by atoms with E-state index in [0.29, 0.717) is 19.4 Å². The van der Waals surface area contributed by atoms with Gasteiger partial charge in [0.1, 0.15) is 12.4 Å². The van der Waals surface area contributed by atoms with Crippen LogP contribution in [0.5, 0.6) is 0 Å². The van der Waals surface area contributed by atoms with Gasteiger partial charge >= 0.3 is 5.97 Å². The third-order valence-electron chi connectivity index (χ3n) is 2.45. The van der Waals surface area contributed by atoms with E-state index in [0.717, 1.165) is 12.8 Å². The maximum Gasteiger partial charge on any atom is 0.305 e. The lowest BCUT2D eigenvalue weighted by Crippen LogP contribution is -2.19. The van der Waals surface area contributed by atoms with Gasteiger partial charge in [-0.25, -0.2) is 0 Å². The first-order valence-corrected chi connectivity index (χ1v) is 5.87. The zero-order valence-electron chi connectivity index (χ0n) is 10.7. The molecule has 0 bridgehead atoms. The number of methoxy groups -OCH3 is 1. The van der Waals surface area contributed by atoms with Crippen molar-refractivity contribution in [1.29, 1.82) is 0 Å². The summed E-state index contributed by atoms with van der Waals surface area (Å²) in [4.78, 5) is 22.5. The van der Waals surface area contributed by atoms with Crippen molar-refractivity contribution in [3.8, 4) is 0 Å². The molecule has 0 aliphatic heterocycles. The quantitative estimate of drug-likeness (QED) is 0.334. The number of ether oxygens (including phenoxy) is 2. The highest BCUT2D eigenvalue weighted by Gasteiger charge is 2.14. The van der Waals surface area contributed by atoms with Crippen LogP contribution in [-0.4, -0.2) is 32.1 Å². The second-order valence-corrected chi connectivity index (χ2v) is 3.96. The molecule has 0 aromatic heterocycles. The molecule has 0 fully saturated rings. The molecule has 4 heteroatoms. The first-order valence-electron chi connectivity index (χ1n) is 5.87. The van der Waals surface area contributed by atoms with Gasteiger partial charge in [-0.1, -0.05) is 6.08 Å². The third kappa shape index (κ3) is 8.63. The largest absolute Gasteiger partial charge is 0.465 e. The summed E-state index contributed by atoms with van der Waals surface area (Å²) in [6.07, 6.45) is 4.18. The Labute approximate surface area is 103 Å². The van der Waals surface area contributed by atoms with Crippen LogP contribution >= 0.6 is 0 Å². The summed E-state index contributed by atoms with van der Waals surface area (Å²) >= 11 is 0. The lowest BCUT2D eigenvalue weighted by molar-refractivity contribution is -0.146. The lowest BCUT2D eigenvalue weighted by Gasteiger charge is -2.11. The van der Waals surface area contributed by atoms with Crippen LogP contribution in [0.2, 0.25) is 0 Å². The molecule has 0 N–H and O–H groups in total. The summed E-state index contributed by atoms with van der Waals surface area (Å²) in [5.74, 6) is -0.482. The van der Waals surface area contributed by atoms with Crippen molar-refractivity contribution < 1.29 is 19.1 Å². The fourth-order valence-electron chi connectivity index (χ4n) is 1.33. The van der Waals surface area contributed by atoms with Crippen LogP contribution in [0.3, 0.4) is 0 Å². The predicted octanol–water partition coefficient (Wildman–Crippen LogP) is 2.13. The minimum absolute atomic E-state index is 0.0251. The minimum atomic E-state index is -0.254. The van der Waals surface area contributed by atoms with Gasteiger partial charge in [-0.2, -0.15) is 0 Å². The molecule has 0 spiro atoms. The zero-order chi connectivity index (χ0) is 13.1. The van der Waals surface area contributed by atoms with Crippen LogP contribution < -0.4 is 0 Å². The number of carbonyl (C=O) groups excluding carboxylic acids is 2. The molecule has 0 rings (SSSR count). The summed E-state index contributed by atoms with van der Waals surface area (Å²) in [6, 6.07) is 0. The number of hydrogen-bond acceptors (Lipinski definition) is 4. The Morgan fingerprint density at radius 1 is 1.35 bits per heavy atom. The number of unbranched alkanes of at least 4 members (excludes halogenated alkanes) is 1. The van der Waals surface area contributed by atoms with E-state index in [2.05, 4.69) is 6.58 Å². The van der Waals surface area contributed by atoms with Gasteiger partial charge in [0.2, 0.25) is 0 Å². The number of hydrogen-bond donors (Lipinski definition) is 0. The van der Waals surface area contributed by atoms with Crippen LogP contribution in [0.15, 0.2) is 12.7 Å². The Hall–Kier alpha value is -1.16. The Morgan fingerprint density at radius 3 is 2.59 bits per heavy atom. The summed E-state index contributed by atoms with van der Waals surface area (Å²) in [6.45, 7) is 5.88.